The molecule has 1 aromatic carbocycles. The lowest BCUT2D eigenvalue weighted by Gasteiger charge is -2.36. The Labute approximate surface area is 125 Å². The summed E-state index contributed by atoms with van der Waals surface area (Å²) in [5.41, 5.74) is 0. The second-order valence-corrected chi connectivity index (χ2v) is 5.91. The lowest BCUT2D eigenvalue weighted by Crippen LogP contribution is -2.47. The predicted molar refractivity (Wildman–Crippen MR) is 80.5 cm³/mol. The van der Waals surface area contributed by atoms with Crippen molar-refractivity contribution in [2.45, 2.75) is 58.1 Å². The third-order valence-corrected chi connectivity index (χ3v) is 4.26. The van der Waals surface area contributed by atoms with Crippen molar-refractivity contribution >= 4 is 0 Å². The summed E-state index contributed by atoms with van der Waals surface area (Å²) in [6.07, 6.45) is 5.36. The normalized spacial score (nSPS) is 25.8. The number of ether oxygens (including phenoxy) is 1. The second kappa shape index (κ2) is 7.74. The van der Waals surface area contributed by atoms with Crippen molar-refractivity contribution < 1.29 is 13.5 Å². The minimum atomic E-state index is -0.592. The van der Waals surface area contributed by atoms with Gasteiger partial charge in [-0.15, -0.1) is 0 Å². The van der Waals surface area contributed by atoms with E-state index in [-0.39, 0.29) is 17.9 Å². The molecule has 3 atom stereocenters. The predicted octanol–water partition coefficient (Wildman–Crippen LogP) is 4.29. The van der Waals surface area contributed by atoms with Gasteiger partial charge in [-0.25, -0.2) is 8.78 Å². The summed E-state index contributed by atoms with van der Waals surface area (Å²) < 4.78 is 32.5. The number of nitrogens with one attached hydrogen (secondary N) is 1. The van der Waals surface area contributed by atoms with E-state index in [4.69, 9.17) is 4.74 Å². The van der Waals surface area contributed by atoms with Crippen molar-refractivity contribution in [1.82, 2.24) is 5.32 Å². The first-order valence-corrected chi connectivity index (χ1v) is 7.98. The lowest BCUT2D eigenvalue weighted by molar-refractivity contribution is 0.0843. The molecule has 0 bridgehead atoms. The van der Waals surface area contributed by atoms with Gasteiger partial charge in [0.2, 0.25) is 0 Å². The highest BCUT2D eigenvalue weighted by Gasteiger charge is 2.31. The molecule has 1 saturated carbocycles. The fourth-order valence-electron chi connectivity index (χ4n) is 3.05. The van der Waals surface area contributed by atoms with E-state index in [0.717, 1.165) is 38.3 Å². The lowest BCUT2D eigenvalue weighted by atomic mass is 9.82. The monoisotopic (exact) mass is 297 g/mol. The molecule has 0 amide bonds. The van der Waals surface area contributed by atoms with E-state index in [1.54, 1.807) is 0 Å². The number of hydrogen-bond donors (Lipinski definition) is 1. The van der Waals surface area contributed by atoms with Crippen LogP contribution in [0.2, 0.25) is 0 Å². The van der Waals surface area contributed by atoms with Gasteiger partial charge in [-0.2, -0.15) is 0 Å². The summed E-state index contributed by atoms with van der Waals surface area (Å²) in [5.74, 6) is -0.262. The summed E-state index contributed by atoms with van der Waals surface area (Å²) in [5, 5.41) is 3.50. The molecule has 1 aliphatic carbocycles. The van der Waals surface area contributed by atoms with E-state index < -0.39 is 11.6 Å². The highest BCUT2D eigenvalue weighted by molar-refractivity contribution is 5.24. The van der Waals surface area contributed by atoms with E-state index >= 15 is 0 Å². The van der Waals surface area contributed by atoms with Gasteiger partial charge in [0.25, 0.3) is 0 Å². The molecule has 21 heavy (non-hydrogen) atoms. The van der Waals surface area contributed by atoms with Gasteiger partial charge in [-0.1, -0.05) is 20.3 Å². The van der Waals surface area contributed by atoms with Crippen molar-refractivity contribution in [3.8, 4) is 5.75 Å². The van der Waals surface area contributed by atoms with Gasteiger partial charge in [0.15, 0.2) is 0 Å². The Balaban J connectivity index is 2.07. The van der Waals surface area contributed by atoms with Crippen LogP contribution >= 0.6 is 0 Å². The molecule has 0 radical (unpaired) electrons. The van der Waals surface area contributed by atoms with Crippen LogP contribution in [0.3, 0.4) is 0 Å². The molecule has 1 fully saturated rings. The maximum Gasteiger partial charge on any atom is 0.129 e. The van der Waals surface area contributed by atoms with Crippen LogP contribution in [0.15, 0.2) is 18.2 Å². The molecule has 3 unspecified atom stereocenters. The Hall–Kier alpha value is -1.16. The van der Waals surface area contributed by atoms with Crippen molar-refractivity contribution in [3.05, 3.63) is 29.8 Å². The smallest absolute Gasteiger partial charge is 0.129 e. The minimum absolute atomic E-state index is 0.0172. The highest BCUT2D eigenvalue weighted by Crippen LogP contribution is 2.30. The van der Waals surface area contributed by atoms with Crippen LogP contribution in [-0.4, -0.2) is 18.7 Å². The number of halogens is 2. The van der Waals surface area contributed by atoms with Crippen LogP contribution < -0.4 is 10.1 Å². The standard InChI is InChI=1S/C17H25F2NO/c1-3-7-20-16-6-5-12(4-2)8-17(16)21-15-10-13(18)9-14(19)11-15/h9-12,16-17,20H,3-8H2,1-2H3. The molecule has 0 saturated heterocycles. The van der Waals surface area contributed by atoms with Crippen molar-refractivity contribution in [2.24, 2.45) is 5.92 Å². The van der Waals surface area contributed by atoms with Gasteiger partial charge in [0, 0.05) is 24.2 Å². The van der Waals surface area contributed by atoms with Gasteiger partial charge >= 0.3 is 0 Å². The quantitative estimate of drug-likeness (QED) is 0.845. The molecule has 1 N–H and O–H groups in total. The number of benzene rings is 1. The minimum Gasteiger partial charge on any atom is -0.489 e. The first-order chi connectivity index (χ1) is 10.1. The third kappa shape index (κ3) is 4.67. The third-order valence-electron chi connectivity index (χ3n) is 4.26. The summed E-state index contributed by atoms with van der Waals surface area (Å²) in [6.45, 7) is 5.25. The Morgan fingerprint density at radius 2 is 1.86 bits per heavy atom. The number of hydrogen-bond acceptors (Lipinski definition) is 2. The first-order valence-electron chi connectivity index (χ1n) is 7.98. The Kier molecular flexibility index (Phi) is 5.97. The summed E-state index contributed by atoms with van der Waals surface area (Å²) in [4.78, 5) is 0. The molecular formula is C17H25F2NO. The van der Waals surface area contributed by atoms with Gasteiger partial charge in [0.05, 0.1) is 0 Å². The zero-order chi connectivity index (χ0) is 15.2. The molecule has 0 aromatic heterocycles. The Bertz CT molecular complexity index is 432. The number of rotatable bonds is 6. The van der Waals surface area contributed by atoms with Crippen molar-refractivity contribution in [2.75, 3.05) is 6.54 Å². The largest absolute Gasteiger partial charge is 0.489 e. The van der Waals surface area contributed by atoms with Crippen LogP contribution in [0.4, 0.5) is 8.78 Å². The van der Waals surface area contributed by atoms with E-state index in [9.17, 15) is 8.78 Å². The molecular weight excluding hydrogens is 272 g/mol. The van der Waals surface area contributed by atoms with Crippen LogP contribution in [0.25, 0.3) is 0 Å². The molecule has 118 valence electrons. The molecule has 4 heteroatoms. The maximum atomic E-state index is 13.3. The van der Waals surface area contributed by atoms with Crippen LogP contribution in [0, 0.1) is 17.6 Å². The maximum absolute atomic E-state index is 13.3. The van der Waals surface area contributed by atoms with E-state index in [2.05, 4.69) is 19.2 Å². The van der Waals surface area contributed by atoms with Gasteiger partial charge in [-0.3, -0.25) is 0 Å². The highest BCUT2D eigenvalue weighted by atomic mass is 19.1. The van der Waals surface area contributed by atoms with Crippen LogP contribution in [0.1, 0.15) is 46.0 Å². The molecule has 1 aromatic rings. The molecule has 2 nitrogen and oxygen atoms in total. The summed E-state index contributed by atoms with van der Waals surface area (Å²) in [6, 6.07) is 3.65. The second-order valence-electron chi connectivity index (χ2n) is 5.91. The van der Waals surface area contributed by atoms with Gasteiger partial charge < -0.3 is 10.1 Å². The molecule has 0 heterocycles. The van der Waals surface area contributed by atoms with Gasteiger partial charge in [0.1, 0.15) is 23.5 Å². The summed E-state index contributed by atoms with van der Waals surface area (Å²) in [7, 11) is 0. The summed E-state index contributed by atoms with van der Waals surface area (Å²) >= 11 is 0. The van der Waals surface area contributed by atoms with E-state index in [1.807, 2.05) is 0 Å². The fraction of sp³-hybridized carbons (Fsp3) is 0.647. The molecule has 0 spiro atoms. The average molecular weight is 297 g/mol. The zero-order valence-electron chi connectivity index (χ0n) is 12.9. The molecule has 2 rings (SSSR count). The van der Waals surface area contributed by atoms with Gasteiger partial charge in [-0.05, 0) is 38.1 Å². The topological polar surface area (TPSA) is 21.3 Å². The average Bonchev–Trinajstić information content (AvgIpc) is 2.44. The SMILES string of the molecule is CCCNC1CCC(CC)CC1Oc1cc(F)cc(F)c1. The molecule has 0 aliphatic heterocycles. The van der Waals surface area contributed by atoms with Crippen molar-refractivity contribution in [1.29, 1.82) is 0 Å². The Morgan fingerprint density at radius 3 is 2.48 bits per heavy atom. The van der Waals surface area contributed by atoms with Crippen LogP contribution in [-0.2, 0) is 0 Å². The first kappa shape index (κ1) is 16.2. The van der Waals surface area contributed by atoms with Crippen molar-refractivity contribution in [3.63, 3.8) is 0 Å². The fourth-order valence-corrected chi connectivity index (χ4v) is 3.05. The van der Waals surface area contributed by atoms with E-state index in [1.165, 1.54) is 18.6 Å². The van der Waals surface area contributed by atoms with E-state index in [0.29, 0.717) is 5.92 Å². The Morgan fingerprint density at radius 1 is 1.14 bits per heavy atom. The zero-order valence-corrected chi connectivity index (χ0v) is 12.9. The van der Waals surface area contributed by atoms with Crippen LogP contribution in [0.5, 0.6) is 5.75 Å². The molecule has 1 aliphatic rings.